The van der Waals surface area contributed by atoms with E-state index in [-0.39, 0.29) is 23.8 Å². The van der Waals surface area contributed by atoms with Crippen LogP contribution in [0, 0.1) is 11.2 Å². The molecule has 0 spiro atoms. The molecule has 2 aromatic heterocycles. The zero-order valence-corrected chi connectivity index (χ0v) is 19.2. The van der Waals surface area contributed by atoms with Gasteiger partial charge in [0.25, 0.3) is 5.92 Å². The third-order valence-electron chi connectivity index (χ3n) is 6.05. The van der Waals surface area contributed by atoms with E-state index in [9.17, 15) is 22.8 Å². The maximum atomic E-state index is 14.2. The van der Waals surface area contributed by atoms with Crippen molar-refractivity contribution in [1.29, 1.82) is 0 Å². The largest absolute Gasteiger partial charge is 0.351 e. The molecule has 10 heteroatoms. The molecule has 0 radical (unpaired) electrons. The van der Waals surface area contributed by atoms with Crippen LogP contribution in [0.3, 0.4) is 0 Å². The van der Waals surface area contributed by atoms with Gasteiger partial charge in [-0.2, -0.15) is 0 Å². The Kier molecular flexibility index (Phi) is 6.56. The maximum Gasteiger partial charge on any atom is 0.272 e. The summed E-state index contributed by atoms with van der Waals surface area (Å²) in [5, 5.41) is 5.57. The molecule has 1 aromatic carbocycles. The van der Waals surface area contributed by atoms with Gasteiger partial charge in [0.15, 0.2) is 5.78 Å². The predicted molar refractivity (Wildman–Crippen MR) is 123 cm³/mol. The van der Waals surface area contributed by atoms with Crippen LogP contribution in [0.4, 0.5) is 24.5 Å². The molecule has 3 aromatic rings. The summed E-state index contributed by atoms with van der Waals surface area (Å²) in [4.78, 5) is 37.4. The lowest BCUT2D eigenvalue weighted by Crippen LogP contribution is -2.35. The smallest absolute Gasteiger partial charge is 0.272 e. The van der Waals surface area contributed by atoms with E-state index in [1.165, 1.54) is 31.0 Å². The van der Waals surface area contributed by atoms with Gasteiger partial charge in [-0.3, -0.25) is 14.6 Å². The summed E-state index contributed by atoms with van der Waals surface area (Å²) in [6, 6.07) is 6.21. The molecule has 0 saturated heterocycles. The number of alkyl halides is 2. The topological polar surface area (TPSA) is 96.9 Å². The second-order valence-electron chi connectivity index (χ2n) is 8.85. The van der Waals surface area contributed by atoms with Gasteiger partial charge in [0.05, 0.1) is 40.3 Å². The van der Waals surface area contributed by atoms with Crippen LogP contribution in [0.2, 0.25) is 0 Å². The normalized spacial score (nSPS) is 15.2. The van der Waals surface area contributed by atoms with Crippen molar-refractivity contribution < 1.29 is 22.8 Å². The highest BCUT2D eigenvalue weighted by Crippen LogP contribution is 2.50. The van der Waals surface area contributed by atoms with Gasteiger partial charge < -0.3 is 10.6 Å². The molecule has 1 aliphatic carbocycles. The minimum atomic E-state index is -3.23. The van der Waals surface area contributed by atoms with Crippen LogP contribution in [0.5, 0.6) is 0 Å². The van der Waals surface area contributed by atoms with Crippen LogP contribution in [0.1, 0.15) is 60.8 Å². The molecule has 0 bridgehead atoms. The average molecular weight is 483 g/mol. The van der Waals surface area contributed by atoms with Crippen molar-refractivity contribution in [3.63, 3.8) is 0 Å². The van der Waals surface area contributed by atoms with Gasteiger partial charge in [-0.05, 0) is 38.0 Å². The number of rotatable bonds is 9. The van der Waals surface area contributed by atoms with Crippen LogP contribution >= 0.6 is 0 Å². The molecule has 182 valence electrons. The van der Waals surface area contributed by atoms with Crippen LogP contribution in [-0.4, -0.2) is 26.6 Å². The van der Waals surface area contributed by atoms with Crippen LogP contribution in [-0.2, 0) is 10.7 Å². The number of hydrogen-bond donors (Lipinski definition) is 2. The van der Waals surface area contributed by atoms with Crippen molar-refractivity contribution in [3.05, 3.63) is 77.9 Å². The van der Waals surface area contributed by atoms with Crippen molar-refractivity contribution in [3.8, 4) is 0 Å². The number of ketones is 1. The van der Waals surface area contributed by atoms with Crippen LogP contribution in [0.25, 0.3) is 0 Å². The second kappa shape index (κ2) is 9.44. The fourth-order valence-electron chi connectivity index (χ4n) is 3.81. The molecule has 4 rings (SSSR count). The number of halogens is 3. The quantitative estimate of drug-likeness (QED) is 0.411. The zero-order valence-electron chi connectivity index (χ0n) is 19.2. The highest BCUT2D eigenvalue weighted by molar-refractivity contribution is 6.00. The number of pyridine rings is 1. The number of carbonyl (C=O) groups is 2. The number of nitrogens with zero attached hydrogens (tertiary/aromatic N) is 3. The van der Waals surface area contributed by atoms with E-state index >= 15 is 0 Å². The summed E-state index contributed by atoms with van der Waals surface area (Å²) in [5.74, 6) is -4.46. The van der Waals surface area contributed by atoms with Gasteiger partial charge in [-0.1, -0.05) is 12.1 Å². The third-order valence-corrected chi connectivity index (χ3v) is 6.05. The van der Waals surface area contributed by atoms with Gasteiger partial charge in [0, 0.05) is 31.3 Å². The zero-order chi connectivity index (χ0) is 25.2. The third kappa shape index (κ3) is 5.47. The molecule has 7 nitrogen and oxygen atoms in total. The first-order valence-corrected chi connectivity index (χ1v) is 11.1. The average Bonchev–Trinajstić information content (AvgIpc) is 3.61. The first-order valence-electron chi connectivity index (χ1n) is 11.1. The van der Waals surface area contributed by atoms with Crippen molar-refractivity contribution in [1.82, 2.24) is 20.3 Å². The molecular weight excluding hydrogens is 459 g/mol. The van der Waals surface area contributed by atoms with Crippen LogP contribution in [0.15, 0.2) is 55.2 Å². The van der Waals surface area contributed by atoms with E-state index in [4.69, 9.17) is 0 Å². The number of anilines is 2. The van der Waals surface area contributed by atoms with Crippen molar-refractivity contribution >= 4 is 23.1 Å². The summed E-state index contributed by atoms with van der Waals surface area (Å²) >= 11 is 0. The number of hydrogen-bond acceptors (Lipinski definition) is 6. The molecule has 2 N–H and O–H groups in total. The lowest BCUT2D eigenvalue weighted by molar-refractivity contribution is -0.127. The number of Topliss-reactive ketones (excluding diaryl/α,β-unsaturated/α-hetero) is 1. The van der Waals surface area contributed by atoms with Crippen molar-refractivity contribution in [2.24, 2.45) is 5.41 Å². The number of benzene rings is 1. The fourth-order valence-corrected chi connectivity index (χ4v) is 3.81. The van der Waals surface area contributed by atoms with E-state index < -0.39 is 28.8 Å². The Morgan fingerprint density at radius 2 is 1.83 bits per heavy atom. The second-order valence-corrected chi connectivity index (χ2v) is 8.85. The molecule has 1 atom stereocenters. The molecule has 35 heavy (non-hydrogen) atoms. The molecule has 1 amide bonds. The molecule has 1 saturated carbocycles. The molecule has 1 fully saturated rings. The van der Waals surface area contributed by atoms with E-state index in [2.05, 4.69) is 25.6 Å². The highest BCUT2D eigenvalue weighted by Gasteiger charge is 2.51. The summed E-state index contributed by atoms with van der Waals surface area (Å²) in [6.45, 7) is 2.45. The minimum Gasteiger partial charge on any atom is -0.351 e. The van der Waals surface area contributed by atoms with Gasteiger partial charge in [-0.25, -0.2) is 23.1 Å². The SMILES string of the molecule is CC(NC(=O)C1(CC(=O)c2cncnc2)CC1)c1ccc(Nc2c(F)cccc2C(C)(F)F)cn1. The lowest BCUT2D eigenvalue weighted by atomic mass is 9.95. The lowest BCUT2D eigenvalue weighted by Gasteiger charge is -2.20. The van der Waals surface area contributed by atoms with E-state index in [0.717, 1.165) is 12.1 Å². The summed E-state index contributed by atoms with van der Waals surface area (Å²) in [6.07, 6.45) is 6.85. The summed E-state index contributed by atoms with van der Waals surface area (Å²) < 4.78 is 42.0. The van der Waals surface area contributed by atoms with Crippen molar-refractivity contribution in [2.45, 2.75) is 45.1 Å². The molecule has 0 aliphatic heterocycles. The number of aromatic nitrogens is 3. The predicted octanol–water partition coefficient (Wildman–Crippen LogP) is 5.10. The Hall–Kier alpha value is -3.82. The number of carbonyl (C=O) groups excluding carboxylic acids is 2. The highest BCUT2D eigenvalue weighted by atomic mass is 19.3. The standard InChI is InChI=1S/C25H24F3N5O2/c1-15(32-23(35)25(8-9-25)10-21(34)16-11-29-14-30-12-16)20-7-6-17(13-31-20)33-22-18(24(2,27)28)4-3-5-19(22)26/h3-7,11-15,33H,8-10H2,1-2H3,(H,32,35). The Morgan fingerprint density at radius 3 is 2.43 bits per heavy atom. The van der Waals surface area contributed by atoms with Crippen LogP contribution < -0.4 is 10.6 Å². The molecule has 2 heterocycles. The van der Waals surface area contributed by atoms with Gasteiger partial charge in [0.1, 0.15) is 12.1 Å². The van der Waals surface area contributed by atoms with Crippen molar-refractivity contribution in [2.75, 3.05) is 5.32 Å². The molecule has 1 unspecified atom stereocenters. The minimum absolute atomic E-state index is 0.0717. The maximum absolute atomic E-state index is 14.2. The van der Waals surface area contributed by atoms with E-state index in [1.807, 2.05) is 0 Å². The fraction of sp³-hybridized carbons (Fsp3) is 0.320. The Bertz CT molecular complexity index is 1230. The summed E-state index contributed by atoms with van der Waals surface area (Å²) in [7, 11) is 0. The Balaban J connectivity index is 1.41. The van der Waals surface area contributed by atoms with Gasteiger partial charge in [-0.15, -0.1) is 0 Å². The Morgan fingerprint density at radius 1 is 1.11 bits per heavy atom. The van der Waals surface area contributed by atoms with Gasteiger partial charge in [0.2, 0.25) is 5.91 Å². The monoisotopic (exact) mass is 483 g/mol. The van der Waals surface area contributed by atoms with E-state index in [1.54, 1.807) is 19.1 Å². The number of nitrogens with one attached hydrogen (secondary N) is 2. The first-order chi connectivity index (χ1) is 16.6. The number of amides is 1. The Labute approximate surface area is 200 Å². The van der Waals surface area contributed by atoms with Gasteiger partial charge >= 0.3 is 0 Å². The molecule has 1 aliphatic rings. The summed E-state index contributed by atoms with van der Waals surface area (Å²) in [5.41, 5.74) is -0.332. The van der Waals surface area contributed by atoms with E-state index in [0.29, 0.717) is 36.7 Å². The molecular formula is C25H24F3N5O2. The first kappa shape index (κ1) is 24.3. The number of para-hydroxylation sites is 1.